The Balaban J connectivity index is 4.85. The third-order valence-electron chi connectivity index (χ3n) is 1.10. The highest BCUT2D eigenvalue weighted by Crippen LogP contribution is 1.89. The smallest absolute Gasteiger partial charge is 0.358 e. The van der Waals surface area contributed by atoms with Crippen LogP contribution in [0, 0.1) is 10.1 Å². The minimum Gasteiger partial charge on any atom is -0.358 e. The summed E-state index contributed by atoms with van der Waals surface area (Å²) >= 11 is 0. The van der Waals surface area contributed by atoms with Crippen molar-refractivity contribution in [1.82, 2.24) is 4.90 Å². The lowest BCUT2D eigenvalue weighted by atomic mass is 10.5. The monoisotopic (exact) mass is 174 g/mol. The molecular weight excluding hydrogens is 164 g/mol. The quantitative estimate of drug-likeness (QED) is 0.178. The minimum atomic E-state index is -0.803. The van der Waals surface area contributed by atoms with Crippen LogP contribution in [-0.2, 0) is 0 Å². The standard InChI is InChI=1S/C5H10N4O3/c1-6-4(8(2)3)5(7-10)9(11)12/h10H,1-3H3. The first-order chi connectivity index (χ1) is 5.54. The molecule has 0 unspecified atom stereocenters. The zero-order chi connectivity index (χ0) is 9.72. The molecule has 7 nitrogen and oxygen atoms in total. The summed E-state index contributed by atoms with van der Waals surface area (Å²) in [6.07, 6.45) is 0. The van der Waals surface area contributed by atoms with Crippen molar-refractivity contribution < 1.29 is 10.1 Å². The second-order valence-electron chi connectivity index (χ2n) is 2.12. The van der Waals surface area contributed by atoms with Crippen LogP contribution in [0.25, 0.3) is 0 Å². The van der Waals surface area contributed by atoms with E-state index >= 15 is 0 Å². The number of amidine groups is 2. The minimum absolute atomic E-state index is 0.0162. The average molecular weight is 174 g/mol. The molecule has 0 radical (unpaired) electrons. The Morgan fingerprint density at radius 3 is 2.17 bits per heavy atom. The molecule has 0 saturated carbocycles. The lowest BCUT2D eigenvalue weighted by Crippen LogP contribution is -2.35. The second kappa shape index (κ2) is 4.27. The van der Waals surface area contributed by atoms with E-state index in [0.717, 1.165) is 0 Å². The molecule has 0 aliphatic carbocycles. The lowest BCUT2D eigenvalue weighted by Gasteiger charge is -2.10. The summed E-state index contributed by atoms with van der Waals surface area (Å²) in [6.45, 7) is 0. The molecule has 0 saturated heterocycles. The fraction of sp³-hybridized carbons (Fsp3) is 0.600. The van der Waals surface area contributed by atoms with Crippen LogP contribution < -0.4 is 0 Å². The molecule has 0 heterocycles. The fourth-order valence-corrected chi connectivity index (χ4v) is 0.663. The first kappa shape index (κ1) is 10.3. The van der Waals surface area contributed by atoms with Crippen molar-refractivity contribution in [3.63, 3.8) is 0 Å². The van der Waals surface area contributed by atoms with Crippen LogP contribution >= 0.6 is 0 Å². The highest BCUT2D eigenvalue weighted by molar-refractivity contribution is 6.36. The number of oxime groups is 1. The van der Waals surface area contributed by atoms with Crippen molar-refractivity contribution in [3.8, 4) is 0 Å². The van der Waals surface area contributed by atoms with Crippen LogP contribution in [0.3, 0.4) is 0 Å². The van der Waals surface area contributed by atoms with E-state index in [1.165, 1.54) is 11.9 Å². The van der Waals surface area contributed by atoms with Gasteiger partial charge in [-0.2, -0.15) is 0 Å². The normalized spacial score (nSPS) is 12.9. The molecular formula is C5H10N4O3. The molecule has 0 fully saturated rings. The number of likely N-dealkylation sites (N-methyl/N-ethyl adjacent to an activating group) is 1. The first-order valence-electron chi connectivity index (χ1n) is 3.05. The van der Waals surface area contributed by atoms with Crippen molar-refractivity contribution in [3.05, 3.63) is 10.1 Å². The SMILES string of the molecule is CN=C(C(=NO)[N+](=O)[O-])N(C)C. The molecule has 0 aromatic rings. The molecule has 0 spiro atoms. The van der Waals surface area contributed by atoms with Crippen LogP contribution in [0.2, 0.25) is 0 Å². The number of nitro groups is 1. The molecule has 68 valence electrons. The Morgan fingerprint density at radius 1 is 1.58 bits per heavy atom. The van der Waals surface area contributed by atoms with Crippen molar-refractivity contribution in [2.24, 2.45) is 10.1 Å². The van der Waals surface area contributed by atoms with Gasteiger partial charge >= 0.3 is 5.84 Å². The van der Waals surface area contributed by atoms with Gasteiger partial charge in [0, 0.05) is 21.1 Å². The predicted octanol–water partition coefficient (Wildman–Crippen LogP) is -0.359. The van der Waals surface area contributed by atoms with E-state index in [1.54, 1.807) is 14.1 Å². The zero-order valence-electron chi connectivity index (χ0n) is 7.05. The van der Waals surface area contributed by atoms with Gasteiger partial charge in [0.15, 0.2) is 5.16 Å². The van der Waals surface area contributed by atoms with Crippen LogP contribution in [0.4, 0.5) is 0 Å². The van der Waals surface area contributed by atoms with Gasteiger partial charge < -0.3 is 20.2 Å². The number of hydrogen-bond donors (Lipinski definition) is 1. The fourth-order valence-electron chi connectivity index (χ4n) is 0.663. The van der Waals surface area contributed by atoms with Crippen molar-refractivity contribution in [1.29, 1.82) is 0 Å². The summed E-state index contributed by atoms with van der Waals surface area (Å²) in [5.41, 5.74) is 0. The molecule has 12 heavy (non-hydrogen) atoms. The van der Waals surface area contributed by atoms with Crippen LogP contribution in [0.1, 0.15) is 0 Å². The van der Waals surface area contributed by atoms with Gasteiger partial charge in [-0.05, 0) is 4.92 Å². The highest BCUT2D eigenvalue weighted by Gasteiger charge is 2.23. The third kappa shape index (κ3) is 2.19. The van der Waals surface area contributed by atoms with Gasteiger partial charge in [0.25, 0.3) is 0 Å². The van der Waals surface area contributed by atoms with Gasteiger partial charge in [-0.1, -0.05) is 0 Å². The number of nitrogens with zero attached hydrogens (tertiary/aromatic N) is 4. The molecule has 0 aliphatic heterocycles. The first-order valence-corrected chi connectivity index (χ1v) is 3.05. The predicted molar refractivity (Wildman–Crippen MR) is 43.3 cm³/mol. The Morgan fingerprint density at radius 2 is 2.08 bits per heavy atom. The van der Waals surface area contributed by atoms with Gasteiger partial charge in [-0.15, -0.1) is 0 Å². The van der Waals surface area contributed by atoms with E-state index in [9.17, 15) is 10.1 Å². The molecule has 0 atom stereocenters. The molecule has 7 heteroatoms. The summed E-state index contributed by atoms with van der Waals surface area (Å²) < 4.78 is 0. The highest BCUT2D eigenvalue weighted by atomic mass is 16.6. The molecule has 0 aliphatic rings. The maximum absolute atomic E-state index is 10.2. The van der Waals surface area contributed by atoms with Gasteiger partial charge in [0.2, 0.25) is 5.84 Å². The Bertz CT molecular complexity index is 233. The Hall–Kier alpha value is -1.66. The maximum atomic E-state index is 10.2. The van der Waals surface area contributed by atoms with Crippen LogP contribution in [0.5, 0.6) is 0 Å². The van der Waals surface area contributed by atoms with E-state index in [1.807, 2.05) is 0 Å². The molecule has 0 amide bonds. The maximum Gasteiger partial charge on any atom is 0.451 e. The summed E-state index contributed by atoms with van der Waals surface area (Å²) in [5, 5.41) is 21.1. The summed E-state index contributed by atoms with van der Waals surface area (Å²) in [5.74, 6) is -0.648. The second-order valence-corrected chi connectivity index (χ2v) is 2.12. The van der Waals surface area contributed by atoms with Crippen molar-refractivity contribution >= 4 is 11.7 Å². The summed E-state index contributed by atoms with van der Waals surface area (Å²) in [7, 11) is 4.51. The molecule has 0 rings (SSSR count). The summed E-state index contributed by atoms with van der Waals surface area (Å²) in [4.78, 5) is 14.4. The zero-order valence-corrected chi connectivity index (χ0v) is 7.05. The number of hydrogen-bond acceptors (Lipinski definition) is 5. The van der Waals surface area contributed by atoms with Crippen molar-refractivity contribution in [2.45, 2.75) is 0 Å². The Kier molecular flexibility index (Phi) is 3.68. The summed E-state index contributed by atoms with van der Waals surface area (Å²) in [6, 6.07) is 0. The molecule has 0 bridgehead atoms. The van der Waals surface area contributed by atoms with Crippen LogP contribution in [-0.4, -0.2) is 47.8 Å². The Labute approximate surface area is 69.2 Å². The van der Waals surface area contributed by atoms with Crippen LogP contribution in [0.15, 0.2) is 10.1 Å². The number of rotatable bonds is 0. The van der Waals surface area contributed by atoms with Gasteiger partial charge in [0.05, 0.1) is 0 Å². The lowest BCUT2D eigenvalue weighted by molar-refractivity contribution is -0.348. The van der Waals surface area contributed by atoms with E-state index in [4.69, 9.17) is 5.21 Å². The van der Waals surface area contributed by atoms with E-state index in [2.05, 4.69) is 10.1 Å². The van der Waals surface area contributed by atoms with Crippen molar-refractivity contribution in [2.75, 3.05) is 21.1 Å². The largest absolute Gasteiger partial charge is 0.451 e. The topological polar surface area (TPSA) is 91.3 Å². The number of aliphatic imine (C=N–C) groups is 1. The van der Waals surface area contributed by atoms with Gasteiger partial charge in [0.1, 0.15) is 0 Å². The van der Waals surface area contributed by atoms with E-state index in [0.29, 0.717) is 0 Å². The van der Waals surface area contributed by atoms with Gasteiger partial charge in [-0.25, -0.2) is 0 Å². The van der Waals surface area contributed by atoms with E-state index in [-0.39, 0.29) is 5.84 Å². The van der Waals surface area contributed by atoms with E-state index < -0.39 is 10.8 Å². The molecule has 0 aromatic carbocycles. The molecule has 1 N–H and O–H groups in total. The third-order valence-corrected chi connectivity index (χ3v) is 1.10. The average Bonchev–Trinajstić information content (AvgIpc) is 1.98. The van der Waals surface area contributed by atoms with Gasteiger partial charge in [-0.3, -0.25) is 4.99 Å². The molecule has 0 aromatic heterocycles.